The van der Waals surface area contributed by atoms with Crippen molar-refractivity contribution in [2.45, 2.75) is 38.1 Å². The predicted octanol–water partition coefficient (Wildman–Crippen LogP) is 4.29. The van der Waals surface area contributed by atoms with Crippen molar-refractivity contribution in [1.29, 1.82) is 0 Å². The first kappa shape index (κ1) is 17.4. The topological polar surface area (TPSA) is 45.2 Å². The summed E-state index contributed by atoms with van der Waals surface area (Å²) in [5.74, 6) is -0.285. The molecule has 25 heavy (non-hydrogen) atoms. The van der Waals surface area contributed by atoms with Crippen LogP contribution in [0, 0.1) is 5.82 Å². The van der Waals surface area contributed by atoms with Crippen molar-refractivity contribution >= 4 is 6.03 Å². The third-order valence-corrected chi connectivity index (χ3v) is 4.65. The maximum Gasteiger partial charge on any atom is 0.318 e. The molecule has 2 amide bonds. The van der Waals surface area contributed by atoms with Crippen LogP contribution in [0.25, 0.3) is 0 Å². The Morgan fingerprint density at radius 3 is 2.12 bits per heavy atom. The Balaban J connectivity index is 1.79. The van der Waals surface area contributed by atoms with E-state index in [2.05, 4.69) is 10.3 Å². The Hall–Kier alpha value is -2.43. The Morgan fingerprint density at radius 2 is 1.48 bits per heavy atom. The smallest absolute Gasteiger partial charge is 0.318 e. The highest BCUT2D eigenvalue weighted by atomic mass is 19.1. The van der Waals surface area contributed by atoms with E-state index in [1.807, 2.05) is 17.0 Å². The summed E-state index contributed by atoms with van der Waals surface area (Å²) < 4.78 is 13.3. The summed E-state index contributed by atoms with van der Waals surface area (Å²) in [6.45, 7) is 1.58. The fraction of sp³-hybridized carbons (Fsp3) is 0.400. The van der Waals surface area contributed by atoms with E-state index in [1.165, 1.54) is 31.4 Å². The third kappa shape index (κ3) is 4.78. The van der Waals surface area contributed by atoms with E-state index in [4.69, 9.17) is 0 Å². The minimum atomic E-state index is -0.318. The summed E-state index contributed by atoms with van der Waals surface area (Å²) in [4.78, 5) is 18.8. The van der Waals surface area contributed by atoms with Crippen molar-refractivity contribution in [2.75, 3.05) is 13.1 Å². The van der Waals surface area contributed by atoms with Gasteiger partial charge < -0.3 is 10.2 Å². The lowest BCUT2D eigenvalue weighted by molar-refractivity contribution is 0.190. The maximum atomic E-state index is 13.3. The number of pyridine rings is 1. The van der Waals surface area contributed by atoms with Gasteiger partial charge in [-0.3, -0.25) is 4.98 Å². The molecular formula is C20H24FN3O. The summed E-state index contributed by atoms with van der Waals surface area (Å²) >= 11 is 0. The molecule has 5 heteroatoms. The van der Waals surface area contributed by atoms with Crippen molar-refractivity contribution in [3.8, 4) is 0 Å². The van der Waals surface area contributed by atoms with Gasteiger partial charge in [0.2, 0.25) is 0 Å². The third-order valence-electron chi connectivity index (χ3n) is 4.65. The first-order chi connectivity index (χ1) is 12.2. The average molecular weight is 341 g/mol. The van der Waals surface area contributed by atoms with Gasteiger partial charge in [0.05, 0.1) is 6.04 Å². The van der Waals surface area contributed by atoms with Crippen LogP contribution in [0.1, 0.15) is 49.3 Å². The lowest BCUT2D eigenvalue weighted by Gasteiger charge is -2.28. The van der Waals surface area contributed by atoms with Crippen molar-refractivity contribution in [1.82, 2.24) is 15.2 Å². The largest absolute Gasteiger partial charge is 0.327 e. The molecule has 1 N–H and O–H groups in total. The second-order valence-corrected chi connectivity index (χ2v) is 6.47. The summed E-state index contributed by atoms with van der Waals surface area (Å²) in [7, 11) is 0. The number of likely N-dealkylation sites (tertiary alicyclic amines) is 1. The molecule has 1 fully saturated rings. The van der Waals surface area contributed by atoms with Gasteiger partial charge in [-0.25, -0.2) is 9.18 Å². The molecule has 1 aliphatic rings. The molecule has 2 heterocycles. The van der Waals surface area contributed by atoms with Crippen LogP contribution >= 0.6 is 0 Å². The number of hydrogen-bond acceptors (Lipinski definition) is 2. The number of nitrogens with zero attached hydrogens (tertiary/aromatic N) is 2. The molecular weight excluding hydrogens is 317 g/mol. The monoisotopic (exact) mass is 341 g/mol. The number of carbonyl (C=O) groups is 1. The average Bonchev–Trinajstić information content (AvgIpc) is 2.61. The molecule has 2 aromatic rings. The Morgan fingerprint density at radius 1 is 0.920 bits per heavy atom. The Labute approximate surface area is 148 Å². The SMILES string of the molecule is O=C(NC(c1ccncc1)c1ccc(F)cc1)N1CCCCCCC1. The number of carbonyl (C=O) groups excluding carboxylic acids is 1. The first-order valence-electron chi connectivity index (χ1n) is 8.95. The van der Waals surface area contributed by atoms with Gasteiger partial charge in [-0.15, -0.1) is 0 Å². The van der Waals surface area contributed by atoms with Gasteiger partial charge in [-0.2, -0.15) is 0 Å². The molecule has 0 bridgehead atoms. The molecule has 1 aliphatic heterocycles. The molecule has 4 nitrogen and oxygen atoms in total. The second-order valence-electron chi connectivity index (χ2n) is 6.47. The van der Waals surface area contributed by atoms with Gasteiger partial charge in [0.25, 0.3) is 0 Å². The quantitative estimate of drug-likeness (QED) is 0.905. The van der Waals surface area contributed by atoms with Crippen LogP contribution in [-0.2, 0) is 0 Å². The zero-order valence-corrected chi connectivity index (χ0v) is 14.3. The van der Waals surface area contributed by atoms with E-state index in [9.17, 15) is 9.18 Å². The molecule has 0 saturated carbocycles. The van der Waals surface area contributed by atoms with Crippen LogP contribution in [0.2, 0.25) is 0 Å². The number of rotatable bonds is 3. The van der Waals surface area contributed by atoms with Gasteiger partial charge >= 0.3 is 6.03 Å². The number of aromatic nitrogens is 1. The number of hydrogen-bond donors (Lipinski definition) is 1. The predicted molar refractivity (Wildman–Crippen MR) is 95.7 cm³/mol. The Kier molecular flexibility index (Phi) is 5.99. The molecule has 1 aromatic carbocycles. The minimum absolute atomic E-state index is 0.0620. The van der Waals surface area contributed by atoms with Crippen LogP contribution in [0.3, 0.4) is 0 Å². The molecule has 3 rings (SSSR count). The fourth-order valence-electron chi connectivity index (χ4n) is 3.24. The second kappa shape index (κ2) is 8.60. The van der Waals surface area contributed by atoms with Crippen LogP contribution in [0.15, 0.2) is 48.8 Å². The molecule has 0 spiro atoms. The number of urea groups is 1. The maximum absolute atomic E-state index is 13.3. The fourth-order valence-corrected chi connectivity index (χ4v) is 3.24. The molecule has 0 radical (unpaired) electrons. The minimum Gasteiger partial charge on any atom is -0.327 e. The standard InChI is InChI=1S/C20H24FN3O/c21-18-8-6-16(7-9-18)19(17-10-12-22-13-11-17)23-20(25)24-14-4-2-1-3-5-15-24/h6-13,19H,1-5,14-15H2,(H,23,25). The zero-order valence-electron chi connectivity index (χ0n) is 14.3. The van der Waals surface area contributed by atoms with Crippen molar-refractivity contribution in [3.05, 3.63) is 65.7 Å². The summed E-state index contributed by atoms with van der Waals surface area (Å²) in [5.41, 5.74) is 1.79. The van der Waals surface area contributed by atoms with E-state index in [0.29, 0.717) is 0 Å². The molecule has 1 saturated heterocycles. The number of halogens is 1. The highest BCUT2D eigenvalue weighted by Crippen LogP contribution is 2.22. The summed E-state index contributed by atoms with van der Waals surface area (Å²) in [5, 5.41) is 3.12. The normalized spacial score (nSPS) is 16.6. The van der Waals surface area contributed by atoms with E-state index in [1.54, 1.807) is 24.5 Å². The lowest BCUT2D eigenvalue weighted by atomic mass is 9.99. The van der Waals surface area contributed by atoms with Gasteiger partial charge in [0, 0.05) is 25.5 Å². The molecule has 1 aromatic heterocycles. The van der Waals surface area contributed by atoms with Crippen molar-refractivity contribution < 1.29 is 9.18 Å². The van der Waals surface area contributed by atoms with Gasteiger partial charge in [-0.1, -0.05) is 31.4 Å². The van der Waals surface area contributed by atoms with Crippen LogP contribution in [-0.4, -0.2) is 29.0 Å². The number of amides is 2. The summed E-state index contributed by atoms with van der Waals surface area (Å²) in [6, 6.07) is 9.65. The van der Waals surface area contributed by atoms with Crippen molar-refractivity contribution in [2.24, 2.45) is 0 Å². The van der Waals surface area contributed by atoms with E-state index in [0.717, 1.165) is 37.1 Å². The molecule has 1 unspecified atom stereocenters. The highest BCUT2D eigenvalue weighted by Gasteiger charge is 2.21. The van der Waals surface area contributed by atoms with Crippen LogP contribution in [0.5, 0.6) is 0 Å². The summed E-state index contributed by atoms with van der Waals surface area (Å²) in [6.07, 6.45) is 9.10. The lowest BCUT2D eigenvalue weighted by Crippen LogP contribution is -2.43. The molecule has 1 atom stereocenters. The van der Waals surface area contributed by atoms with Crippen LogP contribution in [0.4, 0.5) is 9.18 Å². The molecule has 132 valence electrons. The van der Waals surface area contributed by atoms with Gasteiger partial charge in [0.15, 0.2) is 0 Å². The first-order valence-corrected chi connectivity index (χ1v) is 8.95. The van der Waals surface area contributed by atoms with E-state index < -0.39 is 0 Å². The van der Waals surface area contributed by atoms with E-state index in [-0.39, 0.29) is 17.9 Å². The van der Waals surface area contributed by atoms with Gasteiger partial charge in [-0.05, 0) is 48.2 Å². The number of nitrogens with one attached hydrogen (secondary N) is 1. The number of benzene rings is 1. The van der Waals surface area contributed by atoms with Gasteiger partial charge in [0.1, 0.15) is 5.82 Å². The highest BCUT2D eigenvalue weighted by molar-refractivity contribution is 5.75. The zero-order chi connectivity index (χ0) is 17.5. The van der Waals surface area contributed by atoms with E-state index >= 15 is 0 Å². The van der Waals surface area contributed by atoms with Crippen molar-refractivity contribution in [3.63, 3.8) is 0 Å². The molecule has 0 aliphatic carbocycles. The van der Waals surface area contributed by atoms with Crippen LogP contribution < -0.4 is 5.32 Å². The Bertz CT molecular complexity index is 667.